The highest BCUT2D eigenvalue weighted by atomic mass is 127. The molecule has 0 fully saturated rings. The lowest BCUT2D eigenvalue weighted by atomic mass is 10.0. The average molecular weight is 359 g/mol. The number of hydrogen-bond acceptors (Lipinski definition) is 3. The number of halogens is 1. The first-order valence-corrected chi connectivity index (χ1v) is 7.27. The van der Waals surface area contributed by atoms with Crippen molar-refractivity contribution in [3.8, 4) is 5.75 Å². The second-order valence-electron chi connectivity index (χ2n) is 3.85. The average Bonchev–Trinajstić information content (AvgIpc) is 2.76. The molecule has 1 atom stereocenters. The van der Waals surface area contributed by atoms with Gasteiger partial charge in [-0.3, -0.25) is 0 Å². The van der Waals surface area contributed by atoms with E-state index < -0.39 is 0 Å². The van der Waals surface area contributed by atoms with Crippen molar-refractivity contribution in [1.29, 1.82) is 0 Å². The molecule has 0 aliphatic heterocycles. The number of ether oxygens (including phenoxy) is 1. The van der Waals surface area contributed by atoms with Crippen molar-refractivity contribution in [2.75, 3.05) is 7.11 Å². The maximum absolute atomic E-state index is 6.19. The summed E-state index contributed by atoms with van der Waals surface area (Å²) in [7, 11) is 1.68. The van der Waals surface area contributed by atoms with Crippen LogP contribution in [-0.4, -0.2) is 7.11 Å². The van der Waals surface area contributed by atoms with E-state index in [1.165, 1.54) is 14.0 Å². The van der Waals surface area contributed by atoms with Crippen LogP contribution >= 0.6 is 33.9 Å². The molecule has 0 bridgehead atoms. The van der Waals surface area contributed by atoms with Gasteiger partial charge in [0.15, 0.2) is 0 Å². The third-order valence-corrected chi connectivity index (χ3v) is 4.41. The molecule has 0 saturated carbocycles. The molecule has 2 N–H and O–H groups in total. The van der Waals surface area contributed by atoms with Crippen LogP contribution in [0.1, 0.15) is 17.2 Å². The smallest absolute Gasteiger partial charge is 0.119 e. The Balaban J connectivity index is 2.09. The van der Waals surface area contributed by atoms with Crippen LogP contribution in [0.4, 0.5) is 0 Å². The summed E-state index contributed by atoms with van der Waals surface area (Å²) >= 11 is 4.05. The Morgan fingerprint density at radius 3 is 2.88 bits per heavy atom. The molecule has 2 rings (SSSR count). The summed E-state index contributed by atoms with van der Waals surface area (Å²) < 4.78 is 6.48. The monoisotopic (exact) mass is 359 g/mol. The predicted molar refractivity (Wildman–Crippen MR) is 80.7 cm³/mol. The van der Waals surface area contributed by atoms with Crippen molar-refractivity contribution in [3.05, 3.63) is 49.7 Å². The van der Waals surface area contributed by atoms with E-state index in [-0.39, 0.29) is 6.04 Å². The van der Waals surface area contributed by atoms with Crippen LogP contribution in [0.2, 0.25) is 0 Å². The normalized spacial score (nSPS) is 12.4. The lowest BCUT2D eigenvalue weighted by Crippen LogP contribution is -2.12. The molecule has 0 saturated heterocycles. The van der Waals surface area contributed by atoms with Crippen LogP contribution in [-0.2, 0) is 6.42 Å². The lowest BCUT2D eigenvalue weighted by molar-refractivity contribution is 0.414. The summed E-state index contributed by atoms with van der Waals surface area (Å²) in [4.78, 5) is 0. The summed E-state index contributed by atoms with van der Waals surface area (Å²) in [5.41, 5.74) is 8.61. The standard InChI is InChI=1S/C13H14INOS/c1-16-11-4-2-3-9(5-11)6-12(15)10-7-13(14)17-8-10/h2-5,7-8,12H,6,15H2,1H3. The fourth-order valence-corrected chi connectivity index (χ4v) is 3.13. The molecule has 0 aliphatic carbocycles. The van der Waals surface area contributed by atoms with E-state index in [0.717, 1.165) is 12.2 Å². The molecule has 0 radical (unpaired) electrons. The highest BCUT2D eigenvalue weighted by Gasteiger charge is 2.09. The molecular weight excluding hydrogens is 345 g/mol. The van der Waals surface area contributed by atoms with Gasteiger partial charge >= 0.3 is 0 Å². The van der Waals surface area contributed by atoms with Gasteiger partial charge in [0.1, 0.15) is 5.75 Å². The Hall–Kier alpha value is -0.590. The molecule has 90 valence electrons. The van der Waals surface area contributed by atoms with Crippen LogP contribution in [0.25, 0.3) is 0 Å². The van der Waals surface area contributed by atoms with E-state index in [0.29, 0.717) is 0 Å². The zero-order valence-electron chi connectivity index (χ0n) is 9.52. The fraction of sp³-hybridized carbons (Fsp3) is 0.231. The zero-order valence-corrected chi connectivity index (χ0v) is 12.5. The molecule has 1 heterocycles. The van der Waals surface area contributed by atoms with Crippen molar-refractivity contribution in [1.82, 2.24) is 0 Å². The molecule has 17 heavy (non-hydrogen) atoms. The topological polar surface area (TPSA) is 35.2 Å². The van der Waals surface area contributed by atoms with Gasteiger partial charge in [0.05, 0.1) is 9.99 Å². The van der Waals surface area contributed by atoms with Gasteiger partial charge in [-0.15, -0.1) is 11.3 Å². The third kappa shape index (κ3) is 3.43. The van der Waals surface area contributed by atoms with Gasteiger partial charge in [0, 0.05) is 6.04 Å². The summed E-state index contributed by atoms with van der Waals surface area (Å²) in [5.74, 6) is 0.884. The largest absolute Gasteiger partial charge is 0.497 e. The van der Waals surface area contributed by atoms with Crippen LogP contribution in [0, 0.1) is 2.88 Å². The minimum Gasteiger partial charge on any atom is -0.497 e. The molecule has 1 aromatic heterocycles. The third-order valence-electron chi connectivity index (χ3n) is 2.61. The Morgan fingerprint density at radius 2 is 2.24 bits per heavy atom. The quantitative estimate of drug-likeness (QED) is 0.847. The van der Waals surface area contributed by atoms with E-state index in [1.807, 2.05) is 18.2 Å². The first-order valence-electron chi connectivity index (χ1n) is 5.31. The van der Waals surface area contributed by atoms with Crippen molar-refractivity contribution in [3.63, 3.8) is 0 Å². The van der Waals surface area contributed by atoms with E-state index in [1.54, 1.807) is 18.4 Å². The van der Waals surface area contributed by atoms with Crippen LogP contribution in [0.15, 0.2) is 35.7 Å². The highest BCUT2D eigenvalue weighted by molar-refractivity contribution is 14.1. The molecule has 2 aromatic rings. The maximum atomic E-state index is 6.19. The summed E-state index contributed by atoms with van der Waals surface area (Å²) in [6.07, 6.45) is 0.837. The van der Waals surface area contributed by atoms with Gasteiger partial charge < -0.3 is 10.5 Å². The van der Waals surface area contributed by atoms with Crippen molar-refractivity contribution >= 4 is 33.9 Å². The Bertz CT molecular complexity index is 498. The van der Waals surface area contributed by atoms with Crippen molar-refractivity contribution < 1.29 is 4.74 Å². The van der Waals surface area contributed by atoms with Gasteiger partial charge in [0.25, 0.3) is 0 Å². The van der Waals surface area contributed by atoms with E-state index in [4.69, 9.17) is 10.5 Å². The second-order valence-corrected chi connectivity index (χ2v) is 6.65. The summed E-state index contributed by atoms with van der Waals surface area (Å²) in [5, 5.41) is 2.13. The van der Waals surface area contributed by atoms with E-state index in [2.05, 4.69) is 40.1 Å². The van der Waals surface area contributed by atoms with E-state index in [9.17, 15) is 0 Å². The first-order chi connectivity index (χ1) is 8.19. The van der Waals surface area contributed by atoms with E-state index >= 15 is 0 Å². The van der Waals surface area contributed by atoms with Gasteiger partial charge in [-0.05, 0) is 63.7 Å². The van der Waals surface area contributed by atoms with Crippen LogP contribution in [0.5, 0.6) is 5.75 Å². The summed E-state index contributed by atoms with van der Waals surface area (Å²) in [6, 6.07) is 10.3. The number of hydrogen-bond donors (Lipinski definition) is 1. The van der Waals surface area contributed by atoms with Crippen LogP contribution < -0.4 is 10.5 Å². The molecule has 0 amide bonds. The number of nitrogens with two attached hydrogens (primary N) is 1. The number of thiophene rings is 1. The zero-order chi connectivity index (χ0) is 12.3. The number of benzene rings is 1. The minimum atomic E-state index is 0.0573. The molecule has 0 spiro atoms. The maximum Gasteiger partial charge on any atom is 0.119 e. The van der Waals surface area contributed by atoms with Crippen molar-refractivity contribution in [2.45, 2.75) is 12.5 Å². The second kappa shape index (κ2) is 5.84. The molecule has 1 aromatic carbocycles. The van der Waals surface area contributed by atoms with Gasteiger partial charge in [-0.25, -0.2) is 0 Å². The first kappa shape index (κ1) is 12.9. The predicted octanol–water partition coefficient (Wildman–Crippen LogP) is 3.60. The van der Waals surface area contributed by atoms with Crippen LogP contribution in [0.3, 0.4) is 0 Å². The molecule has 2 nitrogen and oxygen atoms in total. The number of methoxy groups -OCH3 is 1. The van der Waals surface area contributed by atoms with Gasteiger partial charge in [-0.1, -0.05) is 12.1 Å². The van der Waals surface area contributed by atoms with Gasteiger partial charge in [-0.2, -0.15) is 0 Å². The minimum absolute atomic E-state index is 0.0573. The Labute approximate surface area is 119 Å². The highest BCUT2D eigenvalue weighted by Crippen LogP contribution is 2.24. The fourth-order valence-electron chi connectivity index (χ4n) is 1.69. The molecule has 1 unspecified atom stereocenters. The molecular formula is C13H14INOS. The molecule has 0 aliphatic rings. The van der Waals surface area contributed by atoms with Gasteiger partial charge in [0.2, 0.25) is 0 Å². The SMILES string of the molecule is COc1cccc(CC(N)c2csc(I)c2)c1. The Kier molecular flexibility index (Phi) is 4.42. The van der Waals surface area contributed by atoms with Crippen molar-refractivity contribution in [2.24, 2.45) is 5.73 Å². The Morgan fingerprint density at radius 1 is 1.41 bits per heavy atom. The summed E-state index contributed by atoms with van der Waals surface area (Å²) in [6.45, 7) is 0. The molecule has 4 heteroatoms. The number of rotatable bonds is 4. The lowest BCUT2D eigenvalue weighted by Gasteiger charge is -2.10.